The molecule has 1 aromatic rings. The van der Waals surface area contributed by atoms with E-state index in [9.17, 15) is 8.78 Å². The first kappa shape index (κ1) is 12.9. The molecule has 4 heteroatoms. The van der Waals surface area contributed by atoms with Crippen molar-refractivity contribution in [2.45, 2.75) is 46.1 Å². The van der Waals surface area contributed by atoms with E-state index in [0.29, 0.717) is 0 Å². The minimum Gasteiger partial charge on any atom is -0.417 e. The molecule has 0 radical (unpaired) electrons. The largest absolute Gasteiger partial charge is 0.417 e. The molecule has 90 valence electrons. The Kier molecular flexibility index (Phi) is 4.21. The number of alkyl halides is 2. The average Bonchev–Trinajstić information content (AvgIpc) is 2.15. The SMILES string of the molecule is CC(C)c1ccnc(OC(F)F)c1C(C)C. The minimum atomic E-state index is -2.83. The zero-order valence-electron chi connectivity index (χ0n) is 10.00. The van der Waals surface area contributed by atoms with Gasteiger partial charge in [0, 0.05) is 11.8 Å². The fraction of sp³-hybridized carbons (Fsp3) is 0.583. The van der Waals surface area contributed by atoms with E-state index < -0.39 is 6.61 Å². The maximum atomic E-state index is 12.2. The van der Waals surface area contributed by atoms with Crippen molar-refractivity contribution in [2.24, 2.45) is 0 Å². The van der Waals surface area contributed by atoms with Gasteiger partial charge in [-0.1, -0.05) is 27.7 Å². The molecule has 0 saturated carbocycles. The highest BCUT2D eigenvalue weighted by Crippen LogP contribution is 2.32. The standard InChI is InChI=1S/C12H17F2NO/c1-7(2)9-5-6-15-11(16-12(13)14)10(9)8(3)4/h5-8,12H,1-4H3. The number of pyridine rings is 1. The van der Waals surface area contributed by atoms with Crippen molar-refractivity contribution in [3.05, 3.63) is 23.4 Å². The van der Waals surface area contributed by atoms with Gasteiger partial charge in [0.15, 0.2) is 0 Å². The van der Waals surface area contributed by atoms with Crippen molar-refractivity contribution >= 4 is 0 Å². The van der Waals surface area contributed by atoms with E-state index in [1.807, 2.05) is 33.8 Å². The molecule has 0 fully saturated rings. The lowest BCUT2D eigenvalue weighted by atomic mass is 9.92. The summed E-state index contributed by atoms with van der Waals surface area (Å²) in [7, 11) is 0. The van der Waals surface area contributed by atoms with E-state index >= 15 is 0 Å². The van der Waals surface area contributed by atoms with E-state index in [4.69, 9.17) is 0 Å². The molecule has 0 spiro atoms. The number of hydrogen-bond donors (Lipinski definition) is 0. The normalized spacial score (nSPS) is 11.6. The first-order chi connectivity index (χ1) is 7.43. The van der Waals surface area contributed by atoms with Crippen LogP contribution in [0.5, 0.6) is 5.88 Å². The molecule has 1 heterocycles. The van der Waals surface area contributed by atoms with Crippen molar-refractivity contribution in [1.82, 2.24) is 4.98 Å². The topological polar surface area (TPSA) is 22.1 Å². The number of rotatable bonds is 4. The van der Waals surface area contributed by atoms with Crippen LogP contribution in [0.4, 0.5) is 8.78 Å². The van der Waals surface area contributed by atoms with Crippen LogP contribution in [0.1, 0.15) is 50.7 Å². The second-order valence-corrected chi connectivity index (χ2v) is 4.31. The van der Waals surface area contributed by atoms with E-state index in [2.05, 4.69) is 9.72 Å². The van der Waals surface area contributed by atoms with Gasteiger partial charge in [-0.25, -0.2) is 4.98 Å². The van der Waals surface area contributed by atoms with Crippen LogP contribution >= 0.6 is 0 Å². The second kappa shape index (κ2) is 5.23. The summed E-state index contributed by atoms with van der Waals surface area (Å²) < 4.78 is 28.9. The van der Waals surface area contributed by atoms with Crippen LogP contribution in [0, 0.1) is 0 Å². The van der Waals surface area contributed by atoms with E-state index in [0.717, 1.165) is 11.1 Å². The Morgan fingerprint density at radius 1 is 1.12 bits per heavy atom. The van der Waals surface area contributed by atoms with Crippen LogP contribution in [0.3, 0.4) is 0 Å². The van der Waals surface area contributed by atoms with Crippen molar-refractivity contribution in [3.8, 4) is 5.88 Å². The maximum Gasteiger partial charge on any atom is 0.388 e. The Labute approximate surface area is 94.7 Å². The van der Waals surface area contributed by atoms with Crippen molar-refractivity contribution in [1.29, 1.82) is 0 Å². The van der Waals surface area contributed by atoms with Gasteiger partial charge in [-0.3, -0.25) is 0 Å². The highest BCUT2D eigenvalue weighted by molar-refractivity contribution is 5.38. The van der Waals surface area contributed by atoms with E-state index in [1.54, 1.807) is 0 Å². The summed E-state index contributed by atoms with van der Waals surface area (Å²) in [6, 6.07) is 1.86. The van der Waals surface area contributed by atoms with Gasteiger partial charge in [0.05, 0.1) is 0 Å². The molecule has 0 aliphatic carbocycles. The summed E-state index contributed by atoms with van der Waals surface area (Å²) in [4.78, 5) is 3.88. The third-order valence-electron chi connectivity index (χ3n) is 2.39. The predicted octanol–water partition coefficient (Wildman–Crippen LogP) is 3.93. The summed E-state index contributed by atoms with van der Waals surface area (Å²) >= 11 is 0. The molecule has 16 heavy (non-hydrogen) atoms. The molecule has 0 atom stereocenters. The Morgan fingerprint density at radius 2 is 1.75 bits per heavy atom. The van der Waals surface area contributed by atoms with Crippen LogP contribution < -0.4 is 4.74 Å². The molecule has 0 aliphatic rings. The Morgan fingerprint density at radius 3 is 2.19 bits per heavy atom. The molecule has 0 N–H and O–H groups in total. The molecule has 0 aliphatic heterocycles. The smallest absolute Gasteiger partial charge is 0.388 e. The Balaban J connectivity index is 3.21. The number of nitrogens with zero attached hydrogens (tertiary/aromatic N) is 1. The van der Waals surface area contributed by atoms with E-state index in [1.165, 1.54) is 6.20 Å². The zero-order chi connectivity index (χ0) is 12.3. The van der Waals surface area contributed by atoms with Crippen LogP contribution in [-0.4, -0.2) is 11.6 Å². The number of halogens is 2. The number of hydrogen-bond acceptors (Lipinski definition) is 2. The van der Waals surface area contributed by atoms with Gasteiger partial charge >= 0.3 is 6.61 Å². The fourth-order valence-corrected chi connectivity index (χ4v) is 1.73. The first-order valence-electron chi connectivity index (χ1n) is 5.37. The van der Waals surface area contributed by atoms with Crippen LogP contribution in [0.15, 0.2) is 12.3 Å². The second-order valence-electron chi connectivity index (χ2n) is 4.31. The average molecular weight is 229 g/mol. The van der Waals surface area contributed by atoms with Gasteiger partial charge in [-0.05, 0) is 23.5 Å². The van der Waals surface area contributed by atoms with Gasteiger partial charge < -0.3 is 4.74 Å². The summed E-state index contributed by atoms with van der Waals surface area (Å²) in [6.07, 6.45) is 1.51. The molecule has 0 saturated heterocycles. The van der Waals surface area contributed by atoms with Gasteiger partial charge in [-0.2, -0.15) is 8.78 Å². The van der Waals surface area contributed by atoms with Gasteiger partial charge in [-0.15, -0.1) is 0 Å². The zero-order valence-corrected chi connectivity index (χ0v) is 10.00. The Bertz CT molecular complexity index is 351. The molecular formula is C12H17F2NO. The van der Waals surface area contributed by atoms with Crippen LogP contribution in [-0.2, 0) is 0 Å². The van der Waals surface area contributed by atoms with Crippen LogP contribution in [0.25, 0.3) is 0 Å². The number of ether oxygens (including phenoxy) is 1. The fourth-order valence-electron chi connectivity index (χ4n) is 1.73. The van der Waals surface area contributed by atoms with Gasteiger partial charge in [0.1, 0.15) is 0 Å². The summed E-state index contributed by atoms with van der Waals surface area (Å²) in [5, 5.41) is 0. The third kappa shape index (κ3) is 2.90. The third-order valence-corrected chi connectivity index (χ3v) is 2.39. The quantitative estimate of drug-likeness (QED) is 0.780. The molecule has 0 bridgehead atoms. The molecule has 2 nitrogen and oxygen atoms in total. The lowest BCUT2D eigenvalue weighted by Crippen LogP contribution is -2.09. The first-order valence-corrected chi connectivity index (χ1v) is 5.37. The van der Waals surface area contributed by atoms with Crippen molar-refractivity contribution < 1.29 is 13.5 Å². The molecule has 0 amide bonds. The molecule has 1 aromatic heterocycles. The highest BCUT2D eigenvalue weighted by atomic mass is 19.3. The lowest BCUT2D eigenvalue weighted by Gasteiger charge is -2.18. The van der Waals surface area contributed by atoms with Gasteiger partial charge in [0.2, 0.25) is 5.88 Å². The van der Waals surface area contributed by atoms with E-state index in [-0.39, 0.29) is 17.7 Å². The maximum absolute atomic E-state index is 12.2. The minimum absolute atomic E-state index is 0.0520. The number of aromatic nitrogens is 1. The Hall–Kier alpha value is -1.19. The molecule has 0 unspecified atom stereocenters. The monoisotopic (exact) mass is 229 g/mol. The summed E-state index contributed by atoms with van der Waals surface area (Å²) in [6.45, 7) is 5.11. The molecule has 0 aromatic carbocycles. The summed E-state index contributed by atoms with van der Waals surface area (Å²) in [5.41, 5.74) is 1.79. The molecular weight excluding hydrogens is 212 g/mol. The molecule has 1 rings (SSSR count). The van der Waals surface area contributed by atoms with Crippen LogP contribution in [0.2, 0.25) is 0 Å². The summed E-state index contributed by atoms with van der Waals surface area (Å²) in [5.74, 6) is 0.427. The lowest BCUT2D eigenvalue weighted by molar-refractivity contribution is -0.0536. The predicted molar refractivity (Wildman–Crippen MR) is 59.0 cm³/mol. The highest BCUT2D eigenvalue weighted by Gasteiger charge is 2.18. The van der Waals surface area contributed by atoms with Crippen molar-refractivity contribution in [3.63, 3.8) is 0 Å². The van der Waals surface area contributed by atoms with Crippen molar-refractivity contribution in [2.75, 3.05) is 0 Å². The van der Waals surface area contributed by atoms with Gasteiger partial charge in [0.25, 0.3) is 0 Å².